The first-order valence-electron chi connectivity index (χ1n) is 7.69. The number of sulfone groups is 1. The number of hydrogen-bond donors (Lipinski definition) is 2. The molecule has 0 bridgehead atoms. The summed E-state index contributed by atoms with van der Waals surface area (Å²) in [5, 5.41) is 4.69. The van der Waals surface area contributed by atoms with E-state index in [-0.39, 0.29) is 0 Å². The minimum absolute atomic E-state index is 0.301. The first kappa shape index (κ1) is 17.0. The molecule has 2 rings (SSSR count). The summed E-state index contributed by atoms with van der Waals surface area (Å²) < 4.78 is 22.7. The number of hydrogen-bond acceptors (Lipinski definition) is 3. The van der Waals surface area contributed by atoms with E-state index >= 15 is 0 Å². The maximum atomic E-state index is 11.7. The van der Waals surface area contributed by atoms with Gasteiger partial charge in [-0.25, -0.2) is 8.42 Å². The Labute approximate surface area is 133 Å². The molecule has 122 valence electrons. The van der Waals surface area contributed by atoms with E-state index in [1.54, 1.807) is 13.8 Å². The summed E-state index contributed by atoms with van der Waals surface area (Å²) in [5.74, 6) is 0. The third kappa shape index (κ3) is 3.90. The van der Waals surface area contributed by atoms with E-state index in [1.807, 2.05) is 12.1 Å². The lowest BCUT2D eigenvalue weighted by atomic mass is 10.1. The molecule has 0 aliphatic heterocycles. The number of nitrogens with one attached hydrogen (secondary N) is 2. The highest BCUT2D eigenvalue weighted by Gasteiger charge is 2.29. The maximum absolute atomic E-state index is 11.7. The number of aromatic amines is 1. The van der Waals surface area contributed by atoms with Crippen molar-refractivity contribution in [3.05, 3.63) is 36.0 Å². The monoisotopic (exact) mass is 322 g/mol. The van der Waals surface area contributed by atoms with Crippen LogP contribution in [0.1, 0.15) is 32.8 Å². The van der Waals surface area contributed by atoms with Crippen LogP contribution in [0.15, 0.2) is 30.5 Å². The van der Waals surface area contributed by atoms with Gasteiger partial charge >= 0.3 is 0 Å². The van der Waals surface area contributed by atoms with Gasteiger partial charge in [0.2, 0.25) is 0 Å². The van der Waals surface area contributed by atoms with E-state index in [0.29, 0.717) is 19.0 Å². The molecule has 0 aliphatic rings. The van der Waals surface area contributed by atoms with Gasteiger partial charge in [-0.15, -0.1) is 0 Å². The molecule has 4 nitrogen and oxygen atoms in total. The SMILES string of the molecule is CC(Cc1c[nH]c2ccccc12)NCCC(C)(C)S(C)(=O)=O. The van der Waals surface area contributed by atoms with Gasteiger partial charge in [0, 0.05) is 29.4 Å². The van der Waals surface area contributed by atoms with Gasteiger partial charge in [0.15, 0.2) is 9.84 Å². The van der Waals surface area contributed by atoms with E-state index < -0.39 is 14.6 Å². The highest BCUT2D eigenvalue weighted by Crippen LogP contribution is 2.20. The molecule has 1 heterocycles. The molecule has 0 radical (unpaired) electrons. The van der Waals surface area contributed by atoms with Gasteiger partial charge in [-0.1, -0.05) is 18.2 Å². The molecule has 1 aromatic heterocycles. The van der Waals surface area contributed by atoms with Crippen molar-refractivity contribution in [2.75, 3.05) is 12.8 Å². The molecule has 0 amide bonds. The minimum atomic E-state index is -3.02. The third-order valence-corrected chi connectivity index (χ3v) is 6.64. The quantitative estimate of drug-likeness (QED) is 0.824. The van der Waals surface area contributed by atoms with Crippen LogP contribution in [0.5, 0.6) is 0 Å². The first-order valence-corrected chi connectivity index (χ1v) is 9.58. The Kier molecular flexibility index (Phi) is 4.97. The smallest absolute Gasteiger partial charge is 0.152 e. The Morgan fingerprint density at radius 1 is 1.27 bits per heavy atom. The van der Waals surface area contributed by atoms with Crippen LogP contribution < -0.4 is 5.32 Å². The summed E-state index contributed by atoms with van der Waals surface area (Å²) in [6.45, 7) is 6.40. The molecule has 2 aromatic rings. The Bertz CT molecular complexity index is 732. The van der Waals surface area contributed by atoms with Crippen molar-refractivity contribution < 1.29 is 8.42 Å². The normalized spacial score (nSPS) is 14.4. The molecule has 22 heavy (non-hydrogen) atoms. The van der Waals surface area contributed by atoms with Gasteiger partial charge in [0.1, 0.15) is 0 Å². The fourth-order valence-corrected chi connectivity index (χ4v) is 2.98. The molecule has 0 saturated heterocycles. The molecule has 0 fully saturated rings. The fourth-order valence-electron chi connectivity index (χ4n) is 2.51. The zero-order valence-corrected chi connectivity index (χ0v) is 14.6. The zero-order chi connectivity index (χ0) is 16.4. The topological polar surface area (TPSA) is 62.0 Å². The fraction of sp³-hybridized carbons (Fsp3) is 0.529. The summed E-state index contributed by atoms with van der Waals surface area (Å²) in [6.07, 6.45) is 4.90. The van der Waals surface area contributed by atoms with Crippen molar-refractivity contribution in [3.63, 3.8) is 0 Å². The molecule has 0 spiro atoms. The lowest BCUT2D eigenvalue weighted by Gasteiger charge is -2.23. The second-order valence-corrected chi connectivity index (χ2v) is 9.35. The molecule has 0 saturated carbocycles. The van der Waals surface area contributed by atoms with Crippen molar-refractivity contribution in [3.8, 4) is 0 Å². The number of para-hydroxylation sites is 1. The summed E-state index contributed by atoms with van der Waals surface area (Å²) in [4.78, 5) is 3.29. The standard InChI is InChI=1S/C17H26N2O2S/c1-13(18-10-9-17(2,3)22(4,20)21)11-14-12-19-16-8-6-5-7-15(14)16/h5-8,12-13,18-19H,9-11H2,1-4H3. The molecular weight excluding hydrogens is 296 g/mol. The number of aromatic nitrogens is 1. The lowest BCUT2D eigenvalue weighted by molar-refractivity contribution is 0.481. The molecule has 0 aliphatic carbocycles. The Morgan fingerprint density at radius 2 is 1.95 bits per heavy atom. The second-order valence-electron chi connectivity index (χ2n) is 6.70. The van der Waals surface area contributed by atoms with E-state index in [4.69, 9.17) is 0 Å². The summed E-state index contributed by atoms with van der Waals surface area (Å²) >= 11 is 0. The highest BCUT2D eigenvalue weighted by molar-refractivity contribution is 7.92. The van der Waals surface area contributed by atoms with Gasteiger partial charge in [-0.2, -0.15) is 0 Å². The van der Waals surface area contributed by atoms with E-state index in [9.17, 15) is 8.42 Å². The second kappa shape index (κ2) is 6.42. The largest absolute Gasteiger partial charge is 0.361 e. The first-order chi connectivity index (χ1) is 10.2. The van der Waals surface area contributed by atoms with Crippen molar-refractivity contribution in [2.45, 2.75) is 44.4 Å². The molecule has 2 N–H and O–H groups in total. The summed E-state index contributed by atoms with van der Waals surface area (Å²) in [5.41, 5.74) is 2.45. The van der Waals surface area contributed by atoms with E-state index in [0.717, 1.165) is 11.9 Å². The van der Waals surface area contributed by atoms with Crippen LogP contribution in [0, 0.1) is 0 Å². The van der Waals surface area contributed by atoms with Crippen LogP contribution >= 0.6 is 0 Å². The van der Waals surface area contributed by atoms with E-state index in [2.05, 4.69) is 35.6 Å². The number of fused-ring (bicyclic) bond motifs is 1. The van der Waals surface area contributed by atoms with Crippen molar-refractivity contribution in [1.29, 1.82) is 0 Å². The van der Waals surface area contributed by atoms with Gasteiger partial charge in [-0.05, 0) is 51.8 Å². The Balaban J connectivity index is 1.90. The Hall–Kier alpha value is -1.33. The van der Waals surface area contributed by atoms with Crippen molar-refractivity contribution in [2.24, 2.45) is 0 Å². The number of benzene rings is 1. The molecule has 1 unspecified atom stereocenters. The maximum Gasteiger partial charge on any atom is 0.152 e. The average Bonchev–Trinajstić information content (AvgIpc) is 2.81. The number of rotatable bonds is 7. The number of H-pyrrole nitrogens is 1. The van der Waals surface area contributed by atoms with Crippen LogP contribution in [0.2, 0.25) is 0 Å². The van der Waals surface area contributed by atoms with Gasteiger partial charge in [-0.3, -0.25) is 0 Å². The minimum Gasteiger partial charge on any atom is -0.361 e. The van der Waals surface area contributed by atoms with Gasteiger partial charge in [0.25, 0.3) is 0 Å². The van der Waals surface area contributed by atoms with Crippen LogP contribution in [0.4, 0.5) is 0 Å². The zero-order valence-electron chi connectivity index (χ0n) is 13.8. The summed E-state index contributed by atoms with van der Waals surface area (Å²) in [6, 6.07) is 8.57. The lowest BCUT2D eigenvalue weighted by Crippen LogP contribution is -2.37. The van der Waals surface area contributed by atoms with E-state index in [1.165, 1.54) is 17.2 Å². The Morgan fingerprint density at radius 3 is 2.64 bits per heavy atom. The third-order valence-electron chi connectivity index (χ3n) is 4.42. The van der Waals surface area contributed by atoms with Crippen molar-refractivity contribution >= 4 is 20.7 Å². The molecule has 5 heteroatoms. The molecular formula is C17H26N2O2S. The van der Waals surface area contributed by atoms with Gasteiger partial charge < -0.3 is 10.3 Å². The highest BCUT2D eigenvalue weighted by atomic mass is 32.2. The predicted molar refractivity (Wildman–Crippen MR) is 93.0 cm³/mol. The van der Waals surface area contributed by atoms with Gasteiger partial charge in [0.05, 0.1) is 4.75 Å². The van der Waals surface area contributed by atoms with Crippen LogP contribution in [-0.4, -0.2) is 37.0 Å². The van der Waals surface area contributed by atoms with Crippen molar-refractivity contribution in [1.82, 2.24) is 10.3 Å². The predicted octanol–water partition coefficient (Wildman–Crippen LogP) is 2.90. The summed E-state index contributed by atoms with van der Waals surface area (Å²) in [7, 11) is -3.02. The molecule has 1 aromatic carbocycles. The van der Waals surface area contributed by atoms with Crippen LogP contribution in [0.3, 0.4) is 0 Å². The molecule has 1 atom stereocenters. The van der Waals surface area contributed by atoms with Crippen LogP contribution in [0.25, 0.3) is 10.9 Å². The van der Waals surface area contributed by atoms with Crippen LogP contribution in [-0.2, 0) is 16.3 Å². The average molecular weight is 322 g/mol.